The van der Waals surface area contributed by atoms with Crippen molar-refractivity contribution in [3.63, 3.8) is 0 Å². The second-order valence-electron chi connectivity index (χ2n) is 7.07. The minimum Gasteiger partial charge on any atom is -0.378 e. The van der Waals surface area contributed by atoms with Crippen LogP contribution in [0.15, 0.2) is 53.3 Å². The molecular weight excluding hydrogens is 322 g/mol. The van der Waals surface area contributed by atoms with Crippen LogP contribution in [0.5, 0.6) is 0 Å². The largest absolute Gasteiger partial charge is 0.378 e. The summed E-state index contributed by atoms with van der Waals surface area (Å²) in [5.74, 6) is 0.580. The number of benzene rings is 1. The number of nitrogens with zero attached hydrogens (tertiary/aromatic N) is 3. The van der Waals surface area contributed by atoms with E-state index in [1.807, 2.05) is 67.4 Å². The molecule has 4 nitrogen and oxygen atoms in total. The van der Waals surface area contributed by atoms with Crippen molar-refractivity contribution in [2.45, 2.75) is 33.1 Å². The van der Waals surface area contributed by atoms with Crippen molar-refractivity contribution in [1.82, 2.24) is 9.80 Å². The fourth-order valence-electron chi connectivity index (χ4n) is 3.18. The number of amides is 1. The Bertz CT molecular complexity index is 686. The maximum atomic E-state index is 12.7. The molecule has 0 bridgehead atoms. The molecule has 0 aliphatic carbocycles. The van der Waals surface area contributed by atoms with Crippen LogP contribution in [-0.2, 0) is 6.42 Å². The lowest BCUT2D eigenvalue weighted by Crippen LogP contribution is -2.28. The van der Waals surface area contributed by atoms with E-state index in [0.717, 1.165) is 49.3 Å². The molecule has 0 spiro atoms. The van der Waals surface area contributed by atoms with Gasteiger partial charge in [-0.3, -0.25) is 9.79 Å². The summed E-state index contributed by atoms with van der Waals surface area (Å²) in [7, 11) is 3.96. The molecule has 0 radical (unpaired) electrons. The molecule has 1 heterocycles. The number of aliphatic imine (C=N–C) groups is 1. The van der Waals surface area contributed by atoms with E-state index in [1.165, 1.54) is 5.56 Å². The summed E-state index contributed by atoms with van der Waals surface area (Å²) in [6, 6.07) is 7.99. The number of likely N-dealkylation sites (tertiary alicyclic amines) is 1. The van der Waals surface area contributed by atoms with Gasteiger partial charge in [0.05, 0.1) is 0 Å². The van der Waals surface area contributed by atoms with Crippen molar-refractivity contribution in [3.8, 4) is 0 Å². The van der Waals surface area contributed by atoms with E-state index < -0.39 is 0 Å². The summed E-state index contributed by atoms with van der Waals surface area (Å²) >= 11 is 0. The van der Waals surface area contributed by atoms with Gasteiger partial charge in [0, 0.05) is 50.4 Å². The molecule has 4 heteroatoms. The van der Waals surface area contributed by atoms with E-state index in [-0.39, 0.29) is 5.91 Å². The van der Waals surface area contributed by atoms with Crippen molar-refractivity contribution in [2.24, 2.45) is 10.9 Å². The van der Waals surface area contributed by atoms with Gasteiger partial charge in [-0.15, -0.1) is 0 Å². The standard InChI is InChI=1S/C22H31N3O/c1-6-18-8-10-20(11-9-18)22(26)25-13-12-19(16-25)15-21(23-7-2)14-17(3)24(4)5/h7-11,14,19H,3,6,12-13,15-16H2,1-2,4-5H3/b21-14-,23-7-. The van der Waals surface area contributed by atoms with Crippen LogP contribution in [0.25, 0.3) is 0 Å². The molecule has 2 rings (SSSR count). The lowest BCUT2D eigenvalue weighted by molar-refractivity contribution is 0.0787. The Morgan fingerprint density at radius 1 is 1.35 bits per heavy atom. The molecule has 0 N–H and O–H groups in total. The normalized spacial score (nSPS) is 17.8. The zero-order valence-corrected chi connectivity index (χ0v) is 16.5. The van der Waals surface area contributed by atoms with E-state index in [0.29, 0.717) is 5.92 Å². The minimum atomic E-state index is 0.136. The third-order valence-corrected chi connectivity index (χ3v) is 4.88. The predicted molar refractivity (Wildman–Crippen MR) is 110 cm³/mol. The highest BCUT2D eigenvalue weighted by atomic mass is 16.2. The van der Waals surface area contributed by atoms with E-state index >= 15 is 0 Å². The van der Waals surface area contributed by atoms with Crippen LogP contribution < -0.4 is 0 Å². The Balaban J connectivity index is 1.99. The molecule has 1 aliphatic heterocycles. The molecule has 1 amide bonds. The van der Waals surface area contributed by atoms with Crippen LogP contribution in [0.1, 0.15) is 42.6 Å². The Morgan fingerprint density at radius 2 is 2.04 bits per heavy atom. The number of hydrogen-bond acceptors (Lipinski definition) is 3. The first-order chi connectivity index (χ1) is 12.4. The van der Waals surface area contributed by atoms with Crippen LogP contribution in [-0.4, -0.2) is 49.1 Å². The monoisotopic (exact) mass is 353 g/mol. The highest BCUT2D eigenvalue weighted by Crippen LogP contribution is 2.26. The quantitative estimate of drug-likeness (QED) is 0.545. The van der Waals surface area contributed by atoms with Crippen LogP contribution >= 0.6 is 0 Å². The first-order valence-electron chi connectivity index (χ1n) is 9.38. The second kappa shape index (κ2) is 9.37. The zero-order chi connectivity index (χ0) is 19.1. The Kier molecular flexibility index (Phi) is 7.19. The highest BCUT2D eigenvalue weighted by Gasteiger charge is 2.27. The molecule has 26 heavy (non-hydrogen) atoms. The number of carbonyl (C=O) groups excluding carboxylic acids is 1. The first kappa shape index (κ1) is 20.0. The van der Waals surface area contributed by atoms with Crippen LogP contribution in [0.3, 0.4) is 0 Å². The minimum absolute atomic E-state index is 0.136. The summed E-state index contributed by atoms with van der Waals surface area (Å²) in [4.78, 5) is 21.2. The van der Waals surface area contributed by atoms with Crippen molar-refractivity contribution < 1.29 is 4.79 Å². The molecule has 1 aliphatic rings. The fraction of sp³-hybridized carbons (Fsp3) is 0.455. The molecule has 1 unspecified atom stereocenters. The third-order valence-electron chi connectivity index (χ3n) is 4.88. The summed E-state index contributed by atoms with van der Waals surface area (Å²) < 4.78 is 0. The lowest BCUT2D eigenvalue weighted by Gasteiger charge is -2.17. The molecule has 1 aromatic rings. The number of aryl methyl sites for hydroxylation is 1. The number of rotatable bonds is 7. The molecule has 0 aromatic heterocycles. The first-order valence-corrected chi connectivity index (χ1v) is 9.38. The highest BCUT2D eigenvalue weighted by molar-refractivity contribution is 5.94. The van der Waals surface area contributed by atoms with E-state index in [4.69, 9.17) is 0 Å². The van der Waals surface area contributed by atoms with Gasteiger partial charge in [-0.05, 0) is 55.9 Å². The molecule has 1 aromatic carbocycles. The molecule has 1 atom stereocenters. The number of likely N-dealkylation sites (N-methyl/N-ethyl adjacent to an activating group) is 1. The van der Waals surface area contributed by atoms with E-state index in [1.54, 1.807) is 0 Å². The topological polar surface area (TPSA) is 35.9 Å². The van der Waals surface area contributed by atoms with Gasteiger partial charge in [0.2, 0.25) is 0 Å². The van der Waals surface area contributed by atoms with E-state index in [2.05, 4.69) is 18.5 Å². The Hall–Kier alpha value is -2.36. The zero-order valence-electron chi connectivity index (χ0n) is 16.5. The van der Waals surface area contributed by atoms with Gasteiger partial charge < -0.3 is 9.80 Å². The van der Waals surface area contributed by atoms with Gasteiger partial charge in [-0.1, -0.05) is 25.6 Å². The fourth-order valence-corrected chi connectivity index (χ4v) is 3.18. The van der Waals surface area contributed by atoms with Crippen LogP contribution in [0, 0.1) is 5.92 Å². The smallest absolute Gasteiger partial charge is 0.253 e. The molecular formula is C22H31N3O. The summed E-state index contributed by atoms with van der Waals surface area (Å²) in [6.07, 6.45) is 6.74. The summed E-state index contributed by atoms with van der Waals surface area (Å²) in [5.41, 5.74) is 4.01. The average Bonchev–Trinajstić information content (AvgIpc) is 3.09. The maximum Gasteiger partial charge on any atom is 0.253 e. The average molecular weight is 354 g/mol. The third kappa shape index (κ3) is 5.32. The van der Waals surface area contributed by atoms with Crippen molar-refractivity contribution in [1.29, 1.82) is 0 Å². The van der Waals surface area contributed by atoms with Gasteiger partial charge in [0.25, 0.3) is 5.91 Å². The second-order valence-corrected chi connectivity index (χ2v) is 7.07. The molecule has 140 valence electrons. The van der Waals surface area contributed by atoms with Crippen LogP contribution in [0.4, 0.5) is 0 Å². The molecule has 0 saturated carbocycles. The number of carbonyl (C=O) groups is 1. The van der Waals surface area contributed by atoms with Gasteiger partial charge in [-0.2, -0.15) is 0 Å². The summed E-state index contributed by atoms with van der Waals surface area (Å²) in [6.45, 7) is 9.72. The van der Waals surface area contributed by atoms with Gasteiger partial charge >= 0.3 is 0 Å². The van der Waals surface area contributed by atoms with E-state index in [9.17, 15) is 4.79 Å². The molecule has 1 saturated heterocycles. The van der Waals surface area contributed by atoms with Crippen molar-refractivity contribution >= 4 is 12.1 Å². The maximum absolute atomic E-state index is 12.7. The lowest BCUT2D eigenvalue weighted by atomic mass is 10.0. The van der Waals surface area contributed by atoms with Gasteiger partial charge in [0.1, 0.15) is 0 Å². The Morgan fingerprint density at radius 3 is 2.62 bits per heavy atom. The van der Waals surface area contributed by atoms with Crippen molar-refractivity contribution in [2.75, 3.05) is 27.2 Å². The summed E-state index contributed by atoms with van der Waals surface area (Å²) in [5, 5.41) is 0. The number of hydrogen-bond donors (Lipinski definition) is 0. The van der Waals surface area contributed by atoms with Crippen molar-refractivity contribution in [3.05, 3.63) is 59.4 Å². The van der Waals surface area contributed by atoms with Crippen LogP contribution in [0.2, 0.25) is 0 Å². The molecule has 1 fully saturated rings. The number of allylic oxidation sites excluding steroid dienone is 2. The Labute approximate surface area is 157 Å². The SMILES string of the molecule is C=C(/C=C(CC1CCN(C(=O)c2ccc(CC)cc2)C1)\N=C/C)N(C)C. The predicted octanol–water partition coefficient (Wildman–Crippen LogP) is 4.15. The van der Waals surface area contributed by atoms with Gasteiger partial charge in [-0.25, -0.2) is 0 Å². The van der Waals surface area contributed by atoms with Gasteiger partial charge in [0.15, 0.2) is 0 Å².